The molecule has 0 aromatic carbocycles. The van der Waals surface area contributed by atoms with Crippen LogP contribution in [-0.4, -0.2) is 76.9 Å². The zero-order valence-electron chi connectivity index (χ0n) is 20.6. The van der Waals surface area contributed by atoms with Crippen molar-refractivity contribution in [3.8, 4) is 0 Å². The Bertz CT molecular complexity index is 752. The minimum atomic E-state index is -1.11. The molecule has 0 radical (unpaired) electrons. The fourth-order valence-corrected chi connectivity index (χ4v) is 3.87. The molecular formula is C22H41N7O5. The van der Waals surface area contributed by atoms with Crippen LogP contribution >= 0.6 is 0 Å². The number of carbonyl (C=O) groups excluding carboxylic acids is 3. The molecular weight excluding hydrogens is 442 g/mol. The van der Waals surface area contributed by atoms with Gasteiger partial charge in [0, 0.05) is 13.1 Å². The van der Waals surface area contributed by atoms with E-state index < -0.39 is 42.0 Å². The first kappa shape index (κ1) is 29.1. The van der Waals surface area contributed by atoms with Gasteiger partial charge < -0.3 is 37.8 Å². The number of amides is 3. The summed E-state index contributed by atoms with van der Waals surface area (Å²) in [7, 11) is 0. The Kier molecular flexibility index (Phi) is 11.8. The Morgan fingerprint density at radius 1 is 1.12 bits per heavy atom. The first-order valence-corrected chi connectivity index (χ1v) is 11.8. The van der Waals surface area contributed by atoms with Crippen LogP contribution < -0.4 is 27.8 Å². The number of hydrogen-bond donors (Lipinski definition) is 6. The smallest absolute Gasteiger partial charge is 0.326 e. The predicted octanol–water partition coefficient (Wildman–Crippen LogP) is -0.885. The minimum Gasteiger partial charge on any atom is -0.480 e. The molecule has 1 aliphatic rings. The second-order valence-electron chi connectivity index (χ2n) is 9.50. The topological polar surface area (TPSA) is 206 Å². The summed E-state index contributed by atoms with van der Waals surface area (Å²) < 4.78 is 0. The third-order valence-electron chi connectivity index (χ3n) is 5.70. The SMILES string of the molecule is CC(C)CC(NC(=O)C1CCCN1C(=O)C(NC(=O)C(N)CCCN=C(N)N)C(C)C)C(=O)O. The van der Waals surface area contributed by atoms with Crippen molar-refractivity contribution in [3.05, 3.63) is 0 Å². The monoisotopic (exact) mass is 483 g/mol. The number of aliphatic imine (C=N–C) groups is 1. The van der Waals surface area contributed by atoms with Crippen LogP contribution in [0.3, 0.4) is 0 Å². The normalized spacial score (nSPS) is 18.3. The van der Waals surface area contributed by atoms with Gasteiger partial charge in [0.2, 0.25) is 17.7 Å². The van der Waals surface area contributed by atoms with Gasteiger partial charge >= 0.3 is 5.97 Å². The molecule has 0 saturated carbocycles. The number of nitrogens with two attached hydrogens (primary N) is 3. The lowest BCUT2D eigenvalue weighted by atomic mass is 10.0. The van der Waals surface area contributed by atoms with Crippen LogP contribution in [0, 0.1) is 11.8 Å². The summed E-state index contributed by atoms with van der Waals surface area (Å²) in [5.74, 6) is -2.67. The average Bonchev–Trinajstić information content (AvgIpc) is 3.23. The largest absolute Gasteiger partial charge is 0.480 e. The maximum absolute atomic E-state index is 13.3. The van der Waals surface area contributed by atoms with Crippen LogP contribution in [0.15, 0.2) is 4.99 Å². The number of carbonyl (C=O) groups is 4. The Morgan fingerprint density at radius 2 is 1.76 bits per heavy atom. The van der Waals surface area contributed by atoms with Crippen LogP contribution in [0.4, 0.5) is 0 Å². The molecule has 4 atom stereocenters. The van der Waals surface area contributed by atoms with Crippen LogP contribution in [0.25, 0.3) is 0 Å². The van der Waals surface area contributed by atoms with Gasteiger partial charge in [-0.1, -0.05) is 27.7 Å². The van der Waals surface area contributed by atoms with Crippen molar-refractivity contribution in [1.29, 1.82) is 0 Å². The molecule has 34 heavy (non-hydrogen) atoms. The zero-order valence-corrected chi connectivity index (χ0v) is 20.6. The average molecular weight is 484 g/mol. The molecule has 1 saturated heterocycles. The first-order valence-electron chi connectivity index (χ1n) is 11.8. The first-order chi connectivity index (χ1) is 15.8. The second-order valence-corrected chi connectivity index (χ2v) is 9.50. The number of carboxylic acid groups (broad SMARTS) is 1. The van der Waals surface area contributed by atoms with E-state index in [9.17, 15) is 24.3 Å². The number of nitrogens with zero attached hydrogens (tertiary/aromatic N) is 2. The molecule has 194 valence electrons. The van der Waals surface area contributed by atoms with Crippen molar-refractivity contribution < 1.29 is 24.3 Å². The highest BCUT2D eigenvalue weighted by Gasteiger charge is 2.40. The van der Waals surface area contributed by atoms with Crippen LogP contribution in [0.1, 0.15) is 59.8 Å². The quantitative estimate of drug-likeness (QED) is 0.110. The summed E-state index contributed by atoms with van der Waals surface area (Å²) in [4.78, 5) is 55.6. The van der Waals surface area contributed by atoms with Crippen LogP contribution in [0.2, 0.25) is 0 Å². The Balaban J connectivity index is 2.83. The predicted molar refractivity (Wildman–Crippen MR) is 128 cm³/mol. The van der Waals surface area contributed by atoms with Gasteiger partial charge in [0.05, 0.1) is 6.04 Å². The summed E-state index contributed by atoms with van der Waals surface area (Å²) >= 11 is 0. The Morgan fingerprint density at radius 3 is 2.29 bits per heavy atom. The van der Waals surface area contributed by atoms with Crippen molar-refractivity contribution in [2.24, 2.45) is 34.0 Å². The lowest BCUT2D eigenvalue weighted by Gasteiger charge is -2.31. The van der Waals surface area contributed by atoms with E-state index in [1.54, 1.807) is 13.8 Å². The fraction of sp³-hybridized carbons (Fsp3) is 0.773. The van der Waals surface area contributed by atoms with Crippen LogP contribution in [-0.2, 0) is 19.2 Å². The maximum atomic E-state index is 13.3. The van der Waals surface area contributed by atoms with Crippen molar-refractivity contribution in [3.63, 3.8) is 0 Å². The summed E-state index contributed by atoms with van der Waals surface area (Å²) in [5.41, 5.74) is 16.5. The molecule has 1 fully saturated rings. The molecule has 4 unspecified atom stereocenters. The highest BCUT2D eigenvalue weighted by molar-refractivity contribution is 5.94. The molecule has 1 aliphatic heterocycles. The van der Waals surface area contributed by atoms with Crippen molar-refractivity contribution in [1.82, 2.24) is 15.5 Å². The maximum Gasteiger partial charge on any atom is 0.326 e. The molecule has 9 N–H and O–H groups in total. The molecule has 12 heteroatoms. The van der Waals surface area contributed by atoms with Gasteiger partial charge in [-0.05, 0) is 43.9 Å². The van der Waals surface area contributed by atoms with Crippen molar-refractivity contribution >= 4 is 29.7 Å². The number of likely N-dealkylation sites (tertiary alicyclic amines) is 1. The van der Waals surface area contributed by atoms with Gasteiger partial charge in [0.15, 0.2) is 5.96 Å². The van der Waals surface area contributed by atoms with E-state index in [-0.39, 0.29) is 30.1 Å². The third-order valence-corrected chi connectivity index (χ3v) is 5.70. The molecule has 1 rings (SSSR count). The lowest BCUT2D eigenvalue weighted by molar-refractivity contribution is -0.145. The van der Waals surface area contributed by atoms with E-state index >= 15 is 0 Å². The molecule has 1 heterocycles. The van der Waals surface area contributed by atoms with E-state index in [0.717, 1.165) is 0 Å². The van der Waals surface area contributed by atoms with Gasteiger partial charge in [-0.2, -0.15) is 0 Å². The van der Waals surface area contributed by atoms with E-state index in [2.05, 4.69) is 15.6 Å². The number of rotatable bonds is 13. The van der Waals surface area contributed by atoms with Crippen molar-refractivity contribution in [2.45, 2.75) is 84.0 Å². The van der Waals surface area contributed by atoms with Gasteiger partial charge in [-0.3, -0.25) is 19.4 Å². The molecule has 12 nitrogen and oxygen atoms in total. The number of aliphatic carboxylic acids is 1. The van der Waals surface area contributed by atoms with Gasteiger partial charge in [0.25, 0.3) is 0 Å². The number of carboxylic acids is 1. The summed E-state index contributed by atoms with van der Waals surface area (Å²) in [6, 6.07) is -3.51. The second kappa shape index (κ2) is 13.7. The summed E-state index contributed by atoms with van der Waals surface area (Å²) in [6.45, 7) is 8.02. The Hall–Kier alpha value is -2.89. The summed E-state index contributed by atoms with van der Waals surface area (Å²) in [5, 5.41) is 14.7. The molecule has 0 aliphatic carbocycles. The minimum absolute atomic E-state index is 0.0356. The number of nitrogens with one attached hydrogen (secondary N) is 2. The Labute approximate surface area is 201 Å². The van der Waals surface area contributed by atoms with Crippen molar-refractivity contribution in [2.75, 3.05) is 13.1 Å². The summed E-state index contributed by atoms with van der Waals surface area (Å²) in [6.07, 6.45) is 2.15. The number of guanidine groups is 1. The third kappa shape index (κ3) is 9.16. The molecule has 0 spiro atoms. The van der Waals surface area contributed by atoms with Gasteiger partial charge in [-0.25, -0.2) is 4.79 Å². The zero-order chi connectivity index (χ0) is 26.0. The van der Waals surface area contributed by atoms with E-state index in [1.807, 2.05) is 13.8 Å². The van der Waals surface area contributed by atoms with E-state index in [1.165, 1.54) is 4.90 Å². The number of hydrogen-bond acceptors (Lipinski definition) is 6. The highest BCUT2D eigenvalue weighted by Crippen LogP contribution is 2.21. The van der Waals surface area contributed by atoms with Gasteiger partial charge in [-0.15, -0.1) is 0 Å². The van der Waals surface area contributed by atoms with Gasteiger partial charge in [0.1, 0.15) is 18.1 Å². The molecule has 0 aromatic heterocycles. The molecule has 3 amide bonds. The molecule has 0 aromatic rings. The van der Waals surface area contributed by atoms with Crippen LogP contribution in [0.5, 0.6) is 0 Å². The van der Waals surface area contributed by atoms with E-state index in [4.69, 9.17) is 17.2 Å². The standard InChI is InChI=1S/C22H41N7O5/c1-12(2)11-15(21(33)34)27-19(31)16-8-6-10-29(16)20(32)17(13(3)4)28-18(30)14(23)7-5-9-26-22(24)25/h12-17H,5-11,23H2,1-4H3,(H,27,31)(H,28,30)(H,33,34)(H4,24,25,26). The lowest BCUT2D eigenvalue weighted by Crippen LogP contribution is -2.58. The van der Waals surface area contributed by atoms with E-state index in [0.29, 0.717) is 38.8 Å². The highest BCUT2D eigenvalue weighted by atomic mass is 16.4. The fourth-order valence-electron chi connectivity index (χ4n) is 3.87. The molecule has 0 bridgehead atoms.